The smallest absolute Gasteiger partial charge is 0.401 e. The second kappa shape index (κ2) is 10.5. The van der Waals surface area contributed by atoms with Gasteiger partial charge in [0, 0.05) is 41.2 Å². The number of benzene rings is 2. The van der Waals surface area contributed by atoms with Crippen LogP contribution in [0.1, 0.15) is 24.0 Å². The van der Waals surface area contributed by atoms with Gasteiger partial charge < -0.3 is 15.2 Å². The summed E-state index contributed by atoms with van der Waals surface area (Å²) in [6.07, 6.45) is -3.46. The number of halogens is 5. The van der Waals surface area contributed by atoms with E-state index >= 15 is 0 Å². The van der Waals surface area contributed by atoms with Crippen LogP contribution < -0.4 is 10.1 Å². The van der Waals surface area contributed by atoms with Crippen LogP contribution in [0, 0.1) is 0 Å². The van der Waals surface area contributed by atoms with Crippen LogP contribution >= 0.6 is 27.5 Å². The number of piperidine rings is 1. The Morgan fingerprint density at radius 1 is 1.13 bits per heavy atom. The zero-order chi connectivity index (χ0) is 22.5. The summed E-state index contributed by atoms with van der Waals surface area (Å²) in [5.74, 6) is 0.769. The topological polar surface area (TPSA) is 44.7 Å². The number of hydrogen-bond donors (Lipinski definition) is 2. The van der Waals surface area contributed by atoms with Crippen LogP contribution in [0.4, 0.5) is 13.2 Å². The average Bonchev–Trinajstić information content (AvgIpc) is 2.69. The molecule has 0 bridgehead atoms. The molecule has 1 heterocycles. The van der Waals surface area contributed by atoms with E-state index in [1.807, 2.05) is 42.5 Å². The molecule has 0 aromatic heterocycles. The van der Waals surface area contributed by atoms with Crippen molar-refractivity contribution in [3.8, 4) is 5.75 Å². The summed E-state index contributed by atoms with van der Waals surface area (Å²) in [6, 6.07) is 13.3. The van der Waals surface area contributed by atoms with Gasteiger partial charge in [0.15, 0.2) is 0 Å². The molecule has 0 radical (unpaired) electrons. The Morgan fingerprint density at radius 3 is 2.45 bits per heavy atom. The SMILES string of the molecule is OC1(CNCC(F)(F)F)CCN(Cc2cc(Br)ccc2OCc2ccc(Cl)cc2)CC1. The summed E-state index contributed by atoms with van der Waals surface area (Å²) in [5.41, 5.74) is 0.893. The van der Waals surface area contributed by atoms with Crippen LogP contribution in [0.15, 0.2) is 46.9 Å². The van der Waals surface area contributed by atoms with E-state index < -0.39 is 18.3 Å². The Balaban J connectivity index is 1.55. The zero-order valence-corrected chi connectivity index (χ0v) is 19.2. The second-order valence-electron chi connectivity index (χ2n) is 7.89. The Morgan fingerprint density at radius 2 is 1.81 bits per heavy atom. The van der Waals surface area contributed by atoms with Crippen LogP contribution in [-0.4, -0.2) is 48.0 Å². The van der Waals surface area contributed by atoms with Crippen molar-refractivity contribution in [1.29, 1.82) is 0 Å². The molecule has 0 amide bonds. The highest BCUT2D eigenvalue weighted by atomic mass is 79.9. The molecule has 31 heavy (non-hydrogen) atoms. The number of nitrogens with one attached hydrogen (secondary N) is 1. The van der Waals surface area contributed by atoms with Crippen molar-refractivity contribution in [3.63, 3.8) is 0 Å². The molecular weight excluding hydrogens is 497 g/mol. The fourth-order valence-corrected chi connectivity index (χ4v) is 4.07. The average molecular weight is 522 g/mol. The molecule has 2 aromatic carbocycles. The van der Waals surface area contributed by atoms with Crippen LogP contribution in [0.5, 0.6) is 5.75 Å². The lowest BCUT2D eigenvalue weighted by Gasteiger charge is -2.38. The van der Waals surface area contributed by atoms with Crippen LogP contribution in [-0.2, 0) is 13.2 Å². The van der Waals surface area contributed by atoms with Gasteiger partial charge in [-0.2, -0.15) is 13.2 Å². The van der Waals surface area contributed by atoms with Crippen molar-refractivity contribution in [1.82, 2.24) is 10.2 Å². The predicted molar refractivity (Wildman–Crippen MR) is 118 cm³/mol. The fraction of sp³-hybridized carbons (Fsp3) is 0.455. The first kappa shape index (κ1) is 24.3. The van der Waals surface area contributed by atoms with Crippen LogP contribution in [0.3, 0.4) is 0 Å². The number of rotatable bonds is 8. The zero-order valence-electron chi connectivity index (χ0n) is 16.9. The Bertz CT molecular complexity index is 857. The first-order valence-electron chi connectivity index (χ1n) is 10.00. The van der Waals surface area contributed by atoms with Gasteiger partial charge in [0.2, 0.25) is 0 Å². The standard InChI is InChI=1S/C22H25BrClF3N2O2/c23-18-3-6-20(31-13-16-1-4-19(24)5-2-16)17(11-18)12-29-9-7-21(30,8-10-29)14-28-15-22(25,26)27/h1-6,11,28,30H,7-10,12-15H2. The highest BCUT2D eigenvalue weighted by Gasteiger charge is 2.34. The maximum Gasteiger partial charge on any atom is 0.401 e. The van der Waals surface area contributed by atoms with E-state index in [1.54, 1.807) is 0 Å². The van der Waals surface area contributed by atoms with Gasteiger partial charge >= 0.3 is 6.18 Å². The van der Waals surface area contributed by atoms with E-state index in [0.717, 1.165) is 21.3 Å². The molecule has 0 aliphatic carbocycles. The molecule has 1 saturated heterocycles. The summed E-state index contributed by atoms with van der Waals surface area (Å²) in [7, 11) is 0. The summed E-state index contributed by atoms with van der Waals surface area (Å²) in [4.78, 5) is 2.18. The van der Waals surface area contributed by atoms with E-state index in [0.29, 0.717) is 44.1 Å². The Labute approximate surface area is 193 Å². The third-order valence-corrected chi connectivity index (χ3v) is 6.04. The van der Waals surface area contributed by atoms with Gasteiger partial charge in [-0.3, -0.25) is 4.90 Å². The second-order valence-corrected chi connectivity index (χ2v) is 9.24. The number of nitrogens with zero attached hydrogens (tertiary/aromatic N) is 1. The number of aliphatic hydroxyl groups is 1. The van der Waals surface area contributed by atoms with Gasteiger partial charge in [-0.05, 0) is 48.7 Å². The van der Waals surface area contributed by atoms with Crippen LogP contribution in [0.25, 0.3) is 0 Å². The van der Waals surface area contributed by atoms with Gasteiger partial charge in [0.1, 0.15) is 12.4 Å². The summed E-state index contributed by atoms with van der Waals surface area (Å²) >= 11 is 9.42. The third-order valence-electron chi connectivity index (χ3n) is 5.29. The van der Waals surface area contributed by atoms with Crippen molar-refractivity contribution < 1.29 is 23.0 Å². The van der Waals surface area contributed by atoms with Crippen molar-refractivity contribution in [3.05, 3.63) is 63.1 Å². The molecule has 2 aromatic rings. The quantitative estimate of drug-likeness (QED) is 0.504. The molecule has 2 N–H and O–H groups in total. The van der Waals surface area contributed by atoms with E-state index in [9.17, 15) is 18.3 Å². The van der Waals surface area contributed by atoms with E-state index in [-0.39, 0.29) is 6.54 Å². The molecule has 1 aliphatic heterocycles. The highest BCUT2D eigenvalue weighted by molar-refractivity contribution is 9.10. The van der Waals surface area contributed by atoms with Gasteiger partial charge in [-0.1, -0.05) is 39.7 Å². The Kier molecular flexibility index (Phi) is 8.26. The minimum absolute atomic E-state index is 0.0628. The molecule has 1 aliphatic rings. The molecule has 0 saturated carbocycles. The molecule has 0 atom stereocenters. The van der Waals surface area contributed by atoms with Crippen LogP contribution in [0.2, 0.25) is 5.02 Å². The monoisotopic (exact) mass is 520 g/mol. The predicted octanol–water partition coefficient (Wildman–Crippen LogP) is 5.16. The molecule has 1 fully saturated rings. The number of alkyl halides is 3. The minimum atomic E-state index is -4.28. The van der Waals surface area contributed by atoms with Crippen molar-refractivity contribution in [2.75, 3.05) is 26.2 Å². The molecule has 0 spiro atoms. The Hall–Kier alpha value is -1.32. The largest absolute Gasteiger partial charge is 0.489 e. The summed E-state index contributed by atoms with van der Waals surface area (Å²) in [5, 5.41) is 13.6. The lowest BCUT2D eigenvalue weighted by Crippen LogP contribution is -2.50. The van der Waals surface area contributed by atoms with Gasteiger partial charge in [-0.25, -0.2) is 0 Å². The summed E-state index contributed by atoms with van der Waals surface area (Å²) < 4.78 is 43.9. The number of likely N-dealkylation sites (tertiary alicyclic amines) is 1. The lowest BCUT2D eigenvalue weighted by atomic mass is 9.91. The molecular formula is C22H25BrClF3N2O2. The van der Waals surface area contributed by atoms with E-state index in [1.165, 1.54) is 0 Å². The first-order valence-corrected chi connectivity index (χ1v) is 11.2. The third kappa shape index (κ3) is 7.95. The fourth-order valence-electron chi connectivity index (χ4n) is 3.54. The van der Waals surface area contributed by atoms with Crippen molar-refractivity contribution in [2.45, 2.75) is 37.8 Å². The highest BCUT2D eigenvalue weighted by Crippen LogP contribution is 2.29. The summed E-state index contributed by atoms with van der Waals surface area (Å²) in [6.45, 7) is 1.07. The molecule has 9 heteroatoms. The maximum atomic E-state index is 12.3. The molecule has 0 unspecified atom stereocenters. The van der Waals surface area contributed by atoms with Gasteiger partial charge in [0.25, 0.3) is 0 Å². The van der Waals surface area contributed by atoms with Crippen molar-refractivity contribution in [2.24, 2.45) is 0 Å². The van der Waals surface area contributed by atoms with Gasteiger partial charge in [-0.15, -0.1) is 0 Å². The molecule has 4 nitrogen and oxygen atoms in total. The normalized spacial score (nSPS) is 17.0. The molecule has 170 valence electrons. The first-order chi connectivity index (χ1) is 14.6. The number of hydrogen-bond acceptors (Lipinski definition) is 4. The van der Waals surface area contributed by atoms with E-state index in [2.05, 4.69) is 26.1 Å². The molecule has 3 rings (SSSR count). The van der Waals surface area contributed by atoms with E-state index in [4.69, 9.17) is 16.3 Å². The van der Waals surface area contributed by atoms with Gasteiger partial charge in [0.05, 0.1) is 12.1 Å². The van der Waals surface area contributed by atoms with Crippen molar-refractivity contribution >= 4 is 27.5 Å². The number of ether oxygens (including phenoxy) is 1. The lowest BCUT2D eigenvalue weighted by molar-refractivity contribution is -0.128. The maximum absolute atomic E-state index is 12.3. The minimum Gasteiger partial charge on any atom is -0.489 e.